The molecule has 1 saturated carbocycles. The molecule has 2 aliphatic rings. The third-order valence-corrected chi connectivity index (χ3v) is 15.8. The summed E-state index contributed by atoms with van der Waals surface area (Å²) in [6.07, 6.45) is 14.6. The average molecular weight is 1170 g/mol. The maximum absolute atomic E-state index is 14.3. The highest BCUT2D eigenvalue weighted by molar-refractivity contribution is 6.00. The van der Waals surface area contributed by atoms with E-state index in [2.05, 4.69) is 80.7 Å². The van der Waals surface area contributed by atoms with Gasteiger partial charge >= 0.3 is 0 Å². The molecule has 2 rings (SSSR count). The molecule has 4 unspecified atom stereocenters. The van der Waals surface area contributed by atoms with Gasteiger partial charge in [0.25, 0.3) is 0 Å². The monoisotopic (exact) mass is 1170 g/mol. The van der Waals surface area contributed by atoms with Crippen LogP contribution >= 0.6 is 0 Å². The second kappa shape index (κ2) is 35.8. The van der Waals surface area contributed by atoms with Gasteiger partial charge < -0.3 is 57.7 Å². The standard InChI is InChI=1S/C62H113N11O10/c1-17-19-21-22-23-25-27-45(65-56(80)49-28-26-36-73(49)51(75)29-24-20-18-2)52(76)66-47(38-41(5)6)54(78)69-61(11,12)58(82)68-46(37-40(3)4)53(77)67-48(39-42(7)8)55(79)70-62(13,14)59(83)71-60(9,10)57(81)63-35-34-50(74)64-43-30-32-44(33-31-43)72(15)16/h40-49H,17-39H2,1-16H3,(H,63,81)(H,64,74)(H,65,80)(H,66,76)(H,67,77)(H,68,82)(H,69,78)(H,70,79)(H,71,83)/t43?,44?,45?,46?,47?,48?,49-/m0/s1. The highest BCUT2D eigenvalue weighted by Gasteiger charge is 2.41. The first-order chi connectivity index (χ1) is 38.7. The van der Waals surface area contributed by atoms with Crippen molar-refractivity contribution in [1.29, 1.82) is 0 Å². The van der Waals surface area contributed by atoms with E-state index in [1.807, 2.05) is 41.5 Å². The molecule has 83 heavy (non-hydrogen) atoms. The molecule has 0 aromatic carbocycles. The van der Waals surface area contributed by atoms with Crippen LogP contribution in [0.25, 0.3) is 0 Å². The molecule has 0 bridgehead atoms. The van der Waals surface area contributed by atoms with Crippen LogP contribution in [0.4, 0.5) is 0 Å². The van der Waals surface area contributed by atoms with Crippen molar-refractivity contribution in [3.05, 3.63) is 0 Å². The lowest BCUT2D eigenvalue weighted by Gasteiger charge is -2.34. The Morgan fingerprint density at radius 3 is 1.49 bits per heavy atom. The summed E-state index contributed by atoms with van der Waals surface area (Å²) >= 11 is 0. The quantitative estimate of drug-likeness (QED) is 0.0347. The highest BCUT2D eigenvalue weighted by atomic mass is 16.2. The fourth-order valence-corrected chi connectivity index (χ4v) is 10.6. The minimum Gasteiger partial charge on any atom is -0.354 e. The molecule has 0 aromatic rings. The Morgan fingerprint density at radius 2 is 0.976 bits per heavy atom. The fraction of sp³-hybridized carbons (Fsp3) is 0.839. The Kier molecular flexibility index (Phi) is 31.8. The van der Waals surface area contributed by atoms with Gasteiger partial charge in [0.15, 0.2) is 0 Å². The van der Waals surface area contributed by atoms with Crippen LogP contribution in [0.3, 0.4) is 0 Å². The van der Waals surface area contributed by atoms with Gasteiger partial charge in [-0.05, 0) is 144 Å². The SMILES string of the molecule is CCCCCCCCC(NC(=O)[C@@H]1CCCN1C(=O)CCCCC)C(=O)NC(CC(C)C)C(=O)NC(C)(C)C(=O)NC(CC(C)C)C(=O)NC(CC(C)C)C(=O)NC(C)(C)C(=O)NC(C)(C)C(=O)NCCC(=O)NC1CCC(N(C)C)CC1. The van der Waals surface area contributed by atoms with Crippen LogP contribution in [0.2, 0.25) is 0 Å². The molecule has 5 atom stereocenters. The predicted molar refractivity (Wildman–Crippen MR) is 325 cm³/mol. The zero-order chi connectivity index (χ0) is 62.8. The van der Waals surface area contributed by atoms with Crippen molar-refractivity contribution in [3.63, 3.8) is 0 Å². The van der Waals surface area contributed by atoms with Gasteiger partial charge in [-0.1, -0.05) is 107 Å². The molecular formula is C62H113N11O10. The number of amides is 10. The predicted octanol–water partition coefficient (Wildman–Crippen LogP) is 5.57. The molecule has 2 fully saturated rings. The first kappa shape index (κ1) is 73.8. The van der Waals surface area contributed by atoms with Crippen LogP contribution in [0, 0.1) is 17.8 Å². The van der Waals surface area contributed by atoms with Gasteiger partial charge in [-0.2, -0.15) is 0 Å². The van der Waals surface area contributed by atoms with Crippen molar-refractivity contribution in [1.82, 2.24) is 57.7 Å². The van der Waals surface area contributed by atoms with Crippen LogP contribution in [0.1, 0.15) is 232 Å². The lowest BCUT2D eigenvalue weighted by Crippen LogP contribution is -2.65. The van der Waals surface area contributed by atoms with E-state index in [1.54, 1.807) is 4.90 Å². The summed E-state index contributed by atoms with van der Waals surface area (Å²) in [5, 5.41) is 25.5. The Hall–Kier alpha value is -5.34. The molecule has 0 radical (unpaired) electrons. The normalized spacial score (nSPS) is 18.2. The van der Waals surface area contributed by atoms with Crippen LogP contribution in [0.5, 0.6) is 0 Å². The number of rotatable bonds is 37. The largest absolute Gasteiger partial charge is 0.354 e. The summed E-state index contributed by atoms with van der Waals surface area (Å²) in [6, 6.07) is -4.49. The van der Waals surface area contributed by atoms with Crippen LogP contribution in [-0.2, 0) is 47.9 Å². The number of likely N-dealkylation sites (tertiary alicyclic amines) is 1. The number of carbonyl (C=O) groups excluding carboxylic acids is 10. The molecule has 0 aromatic heterocycles. The summed E-state index contributed by atoms with van der Waals surface area (Å²) in [4.78, 5) is 142. The lowest BCUT2D eigenvalue weighted by atomic mass is 9.90. The Morgan fingerprint density at radius 1 is 0.506 bits per heavy atom. The zero-order valence-electron chi connectivity index (χ0n) is 54.0. The van der Waals surface area contributed by atoms with Gasteiger partial charge in [0.05, 0.1) is 0 Å². The van der Waals surface area contributed by atoms with E-state index in [0.717, 1.165) is 77.0 Å². The third kappa shape index (κ3) is 26.6. The number of nitrogens with one attached hydrogen (secondary N) is 9. The minimum atomic E-state index is -1.62. The Bertz CT molecular complexity index is 2120. The summed E-state index contributed by atoms with van der Waals surface area (Å²) in [7, 11) is 4.12. The van der Waals surface area contributed by atoms with Gasteiger partial charge in [0.2, 0.25) is 59.1 Å². The van der Waals surface area contributed by atoms with E-state index in [9.17, 15) is 47.9 Å². The van der Waals surface area contributed by atoms with Crippen LogP contribution in [0.15, 0.2) is 0 Å². The molecule has 1 heterocycles. The number of unbranched alkanes of at least 4 members (excludes halogenated alkanes) is 7. The van der Waals surface area contributed by atoms with E-state index < -0.39 is 94.1 Å². The molecule has 9 N–H and O–H groups in total. The molecule has 0 spiro atoms. The molecule has 21 nitrogen and oxygen atoms in total. The average Bonchev–Trinajstić information content (AvgIpc) is 4.13. The van der Waals surface area contributed by atoms with E-state index in [-0.39, 0.29) is 67.8 Å². The molecule has 1 aliphatic carbocycles. The second-order valence-corrected chi connectivity index (χ2v) is 26.7. The van der Waals surface area contributed by atoms with Crippen LogP contribution < -0.4 is 47.9 Å². The molecule has 10 amide bonds. The van der Waals surface area contributed by atoms with Gasteiger partial charge in [-0.3, -0.25) is 47.9 Å². The topological polar surface area (TPSA) is 285 Å². The fourth-order valence-electron chi connectivity index (χ4n) is 10.6. The minimum absolute atomic E-state index is 0.0605. The molecule has 476 valence electrons. The smallest absolute Gasteiger partial charge is 0.246 e. The first-order valence-corrected chi connectivity index (χ1v) is 31.5. The summed E-state index contributed by atoms with van der Waals surface area (Å²) in [6.45, 7) is 25.0. The van der Waals surface area contributed by atoms with Crippen molar-refractivity contribution >= 4 is 59.1 Å². The van der Waals surface area contributed by atoms with Gasteiger partial charge in [0.1, 0.15) is 46.8 Å². The van der Waals surface area contributed by atoms with E-state index in [1.165, 1.54) is 41.5 Å². The summed E-state index contributed by atoms with van der Waals surface area (Å²) in [5.74, 6) is -5.33. The van der Waals surface area contributed by atoms with E-state index >= 15 is 0 Å². The molecule has 1 aliphatic heterocycles. The number of hydrogen-bond acceptors (Lipinski definition) is 11. The molecule has 1 saturated heterocycles. The summed E-state index contributed by atoms with van der Waals surface area (Å²) in [5.41, 5.74) is -4.63. The van der Waals surface area contributed by atoms with Crippen molar-refractivity contribution in [2.75, 3.05) is 27.2 Å². The van der Waals surface area contributed by atoms with Gasteiger partial charge in [0, 0.05) is 38.0 Å². The molecule has 21 heteroatoms. The first-order valence-electron chi connectivity index (χ1n) is 31.5. The zero-order valence-corrected chi connectivity index (χ0v) is 54.0. The number of nitrogens with zero attached hydrogens (tertiary/aromatic N) is 2. The van der Waals surface area contributed by atoms with Crippen molar-refractivity contribution < 1.29 is 47.9 Å². The third-order valence-electron chi connectivity index (χ3n) is 15.8. The van der Waals surface area contributed by atoms with E-state index in [0.29, 0.717) is 44.7 Å². The van der Waals surface area contributed by atoms with Crippen molar-refractivity contribution in [2.45, 2.75) is 291 Å². The van der Waals surface area contributed by atoms with Crippen LogP contribution in [-0.4, -0.2) is 155 Å². The maximum Gasteiger partial charge on any atom is 0.246 e. The number of carbonyl (C=O) groups is 10. The Balaban J connectivity index is 2.19. The highest BCUT2D eigenvalue weighted by Crippen LogP contribution is 2.23. The van der Waals surface area contributed by atoms with E-state index in [4.69, 9.17) is 0 Å². The molecular weight excluding hydrogens is 1060 g/mol. The van der Waals surface area contributed by atoms with Gasteiger partial charge in [-0.15, -0.1) is 0 Å². The van der Waals surface area contributed by atoms with Crippen molar-refractivity contribution in [3.8, 4) is 0 Å². The van der Waals surface area contributed by atoms with Crippen molar-refractivity contribution in [2.24, 2.45) is 17.8 Å². The maximum atomic E-state index is 14.3. The number of hydrogen-bond donors (Lipinski definition) is 9. The Labute approximate surface area is 498 Å². The summed E-state index contributed by atoms with van der Waals surface area (Å²) < 4.78 is 0. The lowest BCUT2D eigenvalue weighted by molar-refractivity contribution is -0.140. The van der Waals surface area contributed by atoms with Gasteiger partial charge in [-0.25, -0.2) is 0 Å². The second-order valence-electron chi connectivity index (χ2n) is 26.7.